The summed E-state index contributed by atoms with van der Waals surface area (Å²) in [6, 6.07) is 9.56. The van der Waals surface area contributed by atoms with Crippen LogP contribution >= 0.6 is 0 Å². The number of aliphatic imine (C=N–C) groups is 1. The molecule has 3 rings (SSSR count). The zero-order valence-electron chi connectivity index (χ0n) is 17.2. The predicted molar refractivity (Wildman–Crippen MR) is 113 cm³/mol. The topological polar surface area (TPSA) is 48.9 Å². The van der Waals surface area contributed by atoms with E-state index in [-0.39, 0.29) is 6.10 Å². The minimum absolute atomic E-state index is 0.0783. The second kappa shape index (κ2) is 9.98. The molecule has 27 heavy (non-hydrogen) atoms. The van der Waals surface area contributed by atoms with Crippen LogP contribution in [-0.4, -0.2) is 55.7 Å². The van der Waals surface area contributed by atoms with Gasteiger partial charge in [-0.25, -0.2) is 0 Å². The Labute approximate surface area is 164 Å². The summed E-state index contributed by atoms with van der Waals surface area (Å²) in [6.45, 7) is 7.33. The Morgan fingerprint density at radius 2 is 1.96 bits per heavy atom. The van der Waals surface area contributed by atoms with Gasteiger partial charge >= 0.3 is 0 Å². The first-order chi connectivity index (χ1) is 13.1. The van der Waals surface area contributed by atoms with E-state index in [9.17, 15) is 0 Å². The Morgan fingerprint density at radius 1 is 1.22 bits per heavy atom. The largest absolute Gasteiger partial charge is 0.489 e. The molecule has 1 aromatic carbocycles. The van der Waals surface area contributed by atoms with Gasteiger partial charge in [0.1, 0.15) is 11.9 Å². The first kappa shape index (κ1) is 20.0. The first-order valence-electron chi connectivity index (χ1n) is 10.6. The number of hydrogen-bond acceptors (Lipinski definition) is 3. The highest BCUT2D eigenvalue weighted by atomic mass is 16.5. The third-order valence-electron chi connectivity index (χ3n) is 5.82. The summed E-state index contributed by atoms with van der Waals surface area (Å²) in [5.41, 5.74) is 1.22. The number of benzene rings is 1. The van der Waals surface area contributed by atoms with Crippen LogP contribution in [0.5, 0.6) is 5.75 Å². The standard InChI is InChI=1S/C22H36N4O/c1-17-7-6-10-21(15-17)27-18(2)16-24-22(23-3)25-19-11-13-26(14-12-19)20-8-4-5-9-20/h6-7,10,15,18-20H,4-5,8-9,11-14,16H2,1-3H3,(H2,23,24,25). The van der Waals surface area contributed by atoms with Crippen LogP contribution in [0.25, 0.3) is 0 Å². The maximum absolute atomic E-state index is 6.00. The lowest BCUT2D eigenvalue weighted by molar-refractivity contribution is 0.150. The highest BCUT2D eigenvalue weighted by molar-refractivity contribution is 5.80. The zero-order chi connectivity index (χ0) is 19.1. The summed E-state index contributed by atoms with van der Waals surface area (Å²) in [7, 11) is 1.84. The third-order valence-corrected chi connectivity index (χ3v) is 5.82. The molecule has 2 N–H and O–H groups in total. The van der Waals surface area contributed by atoms with E-state index in [4.69, 9.17) is 4.74 Å². The molecule has 0 bridgehead atoms. The second-order valence-electron chi connectivity index (χ2n) is 8.09. The van der Waals surface area contributed by atoms with Crippen LogP contribution in [-0.2, 0) is 0 Å². The van der Waals surface area contributed by atoms with Gasteiger partial charge in [0.2, 0.25) is 0 Å². The molecular weight excluding hydrogens is 336 g/mol. The van der Waals surface area contributed by atoms with Gasteiger partial charge in [-0.1, -0.05) is 25.0 Å². The van der Waals surface area contributed by atoms with Gasteiger partial charge in [0.05, 0.1) is 6.54 Å². The van der Waals surface area contributed by atoms with Crippen molar-refractivity contribution in [3.8, 4) is 5.75 Å². The number of nitrogens with one attached hydrogen (secondary N) is 2. The lowest BCUT2D eigenvalue weighted by atomic mass is 10.0. The summed E-state index contributed by atoms with van der Waals surface area (Å²) in [5, 5.41) is 7.02. The molecule has 0 radical (unpaired) electrons. The molecule has 2 aliphatic rings. The highest BCUT2D eigenvalue weighted by Crippen LogP contribution is 2.26. The lowest BCUT2D eigenvalue weighted by Crippen LogP contribution is -2.51. The molecule has 5 heteroatoms. The summed E-state index contributed by atoms with van der Waals surface area (Å²) < 4.78 is 6.00. The van der Waals surface area contributed by atoms with Crippen LogP contribution in [0, 0.1) is 6.92 Å². The van der Waals surface area contributed by atoms with Crippen molar-refractivity contribution < 1.29 is 4.74 Å². The Morgan fingerprint density at radius 3 is 2.63 bits per heavy atom. The van der Waals surface area contributed by atoms with Crippen LogP contribution in [0.4, 0.5) is 0 Å². The summed E-state index contributed by atoms with van der Waals surface area (Å²) >= 11 is 0. The Balaban J connectivity index is 1.38. The van der Waals surface area contributed by atoms with E-state index in [1.54, 1.807) is 0 Å². The van der Waals surface area contributed by atoms with E-state index in [0.29, 0.717) is 6.04 Å². The average Bonchev–Trinajstić information content (AvgIpc) is 3.20. The Hall–Kier alpha value is -1.75. The molecule has 1 aromatic rings. The number of hydrogen-bond donors (Lipinski definition) is 2. The Bertz CT molecular complexity index is 604. The van der Waals surface area contributed by atoms with Crippen molar-refractivity contribution in [1.29, 1.82) is 0 Å². The fourth-order valence-corrected chi connectivity index (χ4v) is 4.27. The third kappa shape index (κ3) is 6.13. The van der Waals surface area contributed by atoms with E-state index < -0.39 is 0 Å². The Kier molecular flexibility index (Phi) is 7.39. The summed E-state index contributed by atoms with van der Waals surface area (Å²) in [6.07, 6.45) is 8.12. The van der Waals surface area contributed by atoms with Crippen molar-refractivity contribution >= 4 is 5.96 Å². The molecule has 5 nitrogen and oxygen atoms in total. The highest BCUT2D eigenvalue weighted by Gasteiger charge is 2.27. The quantitative estimate of drug-likeness (QED) is 0.594. The molecule has 0 spiro atoms. The van der Waals surface area contributed by atoms with Crippen molar-refractivity contribution in [1.82, 2.24) is 15.5 Å². The molecule has 1 aliphatic heterocycles. The predicted octanol–water partition coefficient (Wildman–Crippen LogP) is 3.33. The molecule has 1 saturated carbocycles. The van der Waals surface area contributed by atoms with Crippen LogP contribution in [0.15, 0.2) is 29.3 Å². The number of piperidine rings is 1. The zero-order valence-corrected chi connectivity index (χ0v) is 17.2. The van der Waals surface area contributed by atoms with Gasteiger partial charge in [0.25, 0.3) is 0 Å². The molecule has 1 saturated heterocycles. The molecule has 1 heterocycles. The molecule has 0 aromatic heterocycles. The lowest BCUT2D eigenvalue weighted by Gasteiger charge is -2.36. The maximum Gasteiger partial charge on any atom is 0.191 e. The van der Waals surface area contributed by atoms with Crippen molar-refractivity contribution in [3.63, 3.8) is 0 Å². The summed E-state index contributed by atoms with van der Waals surface area (Å²) in [5.74, 6) is 1.81. The molecule has 1 aliphatic carbocycles. The minimum Gasteiger partial charge on any atom is -0.489 e. The van der Waals surface area contributed by atoms with E-state index in [1.807, 2.05) is 19.2 Å². The van der Waals surface area contributed by atoms with Gasteiger partial charge in [-0.3, -0.25) is 4.99 Å². The normalized spacial score (nSPS) is 21.2. The minimum atomic E-state index is 0.0783. The number of likely N-dealkylation sites (tertiary alicyclic amines) is 1. The molecule has 150 valence electrons. The van der Waals surface area contributed by atoms with E-state index in [1.165, 1.54) is 57.2 Å². The molecule has 1 atom stereocenters. The van der Waals surface area contributed by atoms with Crippen molar-refractivity contribution in [3.05, 3.63) is 29.8 Å². The molecule has 1 unspecified atom stereocenters. The first-order valence-corrected chi connectivity index (χ1v) is 10.6. The van der Waals surface area contributed by atoms with Crippen LogP contribution in [0.2, 0.25) is 0 Å². The van der Waals surface area contributed by atoms with Crippen molar-refractivity contribution in [2.24, 2.45) is 4.99 Å². The van der Waals surface area contributed by atoms with Gasteiger partial charge in [-0.2, -0.15) is 0 Å². The maximum atomic E-state index is 6.00. The van der Waals surface area contributed by atoms with Crippen molar-refractivity contribution in [2.45, 2.75) is 70.6 Å². The fraction of sp³-hybridized carbons (Fsp3) is 0.682. The van der Waals surface area contributed by atoms with Gasteiger partial charge < -0.3 is 20.3 Å². The molecular formula is C22H36N4O. The number of guanidine groups is 1. The SMILES string of the molecule is CN=C(NCC(C)Oc1cccc(C)c1)NC1CCN(C2CCCC2)CC1. The van der Waals surface area contributed by atoms with Gasteiger partial charge in [-0.05, 0) is 57.2 Å². The summed E-state index contributed by atoms with van der Waals surface area (Å²) in [4.78, 5) is 7.10. The van der Waals surface area contributed by atoms with Crippen LogP contribution in [0.3, 0.4) is 0 Å². The van der Waals surface area contributed by atoms with E-state index in [2.05, 4.69) is 46.5 Å². The van der Waals surface area contributed by atoms with Gasteiger partial charge in [-0.15, -0.1) is 0 Å². The smallest absolute Gasteiger partial charge is 0.191 e. The number of ether oxygens (including phenoxy) is 1. The van der Waals surface area contributed by atoms with Crippen LogP contribution in [0.1, 0.15) is 51.0 Å². The van der Waals surface area contributed by atoms with Gasteiger partial charge in [0, 0.05) is 32.2 Å². The fourth-order valence-electron chi connectivity index (χ4n) is 4.27. The van der Waals surface area contributed by atoms with E-state index >= 15 is 0 Å². The average molecular weight is 373 g/mol. The molecule has 2 fully saturated rings. The van der Waals surface area contributed by atoms with Crippen LogP contribution < -0.4 is 15.4 Å². The monoisotopic (exact) mass is 372 g/mol. The number of rotatable bonds is 6. The molecule has 0 amide bonds. The second-order valence-corrected chi connectivity index (χ2v) is 8.09. The van der Waals surface area contributed by atoms with E-state index in [0.717, 1.165) is 24.3 Å². The number of aryl methyl sites for hydroxylation is 1. The van der Waals surface area contributed by atoms with Crippen molar-refractivity contribution in [2.75, 3.05) is 26.7 Å². The number of nitrogens with zero attached hydrogens (tertiary/aromatic N) is 2. The van der Waals surface area contributed by atoms with Gasteiger partial charge in [0.15, 0.2) is 5.96 Å².